The molecule has 14 heteroatoms. The molecule has 9 nitrogen and oxygen atoms in total. The summed E-state index contributed by atoms with van der Waals surface area (Å²) in [7, 11) is 0. The van der Waals surface area contributed by atoms with E-state index in [9.17, 15) is 22.1 Å². The van der Waals surface area contributed by atoms with Crippen molar-refractivity contribution >= 4 is 11.2 Å². The quantitative estimate of drug-likeness (QED) is 0.190. The van der Waals surface area contributed by atoms with E-state index in [1.807, 2.05) is 0 Å². The van der Waals surface area contributed by atoms with E-state index in [-0.39, 0.29) is 40.8 Å². The van der Waals surface area contributed by atoms with Crippen LogP contribution in [0.15, 0.2) is 22.7 Å². The molecule has 8 fully saturated rings. The van der Waals surface area contributed by atoms with Crippen LogP contribution in [0.4, 0.5) is 17.6 Å². The fourth-order valence-electron chi connectivity index (χ4n) is 10.1. The van der Waals surface area contributed by atoms with E-state index in [0.29, 0.717) is 44.1 Å². The molecule has 2 saturated carbocycles. The van der Waals surface area contributed by atoms with Gasteiger partial charge in [-0.05, 0) is 75.4 Å². The first-order chi connectivity index (χ1) is 21.7. The average molecular weight is 679 g/mol. The number of allylic oxidation sites excluding steroid dienone is 2. The van der Waals surface area contributed by atoms with E-state index in [0.717, 1.165) is 12.8 Å². The maximum atomic E-state index is 14.7. The fraction of sp³-hybridized carbons (Fsp3) is 0.875. The molecule has 0 amide bonds. The molecule has 0 aromatic carbocycles. The lowest BCUT2D eigenvalue weighted by Gasteiger charge is -2.57. The van der Waals surface area contributed by atoms with Gasteiger partial charge in [-0.3, -0.25) is 0 Å². The second kappa shape index (κ2) is 10.7. The number of ether oxygens (including phenoxy) is 4. The molecular weight excluding hydrogens is 636 g/mol. The Kier molecular flexibility index (Phi) is 7.45. The highest BCUT2D eigenvalue weighted by Gasteiger charge is 2.72. The zero-order valence-corrected chi connectivity index (χ0v) is 27.3. The van der Waals surface area contributed by atoms with Crippen LogP contribution in [0, 0.1) is 35.5 Å². The smallest absolute Gasteiger partial charge is 0.449 e. The van der Waals surface area contributed by atoms with Gasteiger partial charge < -0.3 is 23.5 Å². The van der Waals surface area contributed by atoms with Gasteiger partial charge in [-0.2, -0.15) is 13.2 Å². The van der Waals surface area contributed by atoms with Crippen molar-refractivity contribution in [2.75, 3.05) is 18.2 Å². The van der Waals surface area contributed by atoms with Crippen molar-refractivity contribution in [2.45, 2.75) is 121 Å². The summed E-state index contributed by atoms with van der Waals surface area (Å²) >= 11 is -1.91. The lowest BCUT2D eigenvalue weighted by molar-refractivity contribution is -0.557. The van der Waals surface area contributed by atoms with E-state index in [1.54, 1.807) is 13.8 Å². The molecule has 0 aromatic heterocycles. The summed E-state index contributed by atoms with van der Waals surface area (Å²) in [5.74, 6) is -5.16. The summed E-state index contributed by atoms with van der Waals surface area (Å²) in [5, 5.41) is 0. The number of fused-ring (bicyclic) bond motifs is 4. The average Bonchev–Trinajstić information content (AvgIpc) is 3.37. The first-order valence-electron chi connectivity index (χ1n) is 16.6. The fourth-order valence-corrected chi connectivity index (χ4v) is 11.6. The number of alkyl halides is 4. The van der Waals surface area contributed by atoms with E-state index < -0.39 is 82.7 Å². The molecular formula is C32H42F4O9S. The monoisotopic (exact) mass is 678 g/mol. The van der Waals surface area contributed by atoms with Crippen LogP contribution in [0.25, 0.3) is 0 Å². The standard InChI is InChI=1S/C32H42F4O9S/c1-16-5-7-22-18(24(13-33)38-26-30(22)20(16)9-11-28(3,40-26)42-44-30)14-46(37)15-19-23-8-6-17(2)21-10-12-29(4)41-27(31(21,23)45-43-29)39-25(19)32(34,35)36/h16-17,20-23,26-27H,5-15H2,1-4H3/t16-,17-,20?,21?,22+,23+,26-,27-,28+,29+,30-,31-,46?/m1/s1. The summed E-state index contributed by atoms with van der Waals surface area (Å²) in [6, 6.07) is 0. The normalized spacial score (nSPS) is 50.2. The SMILES string of the molecule is C[C@@H]1CC[C@H]2C(C[S+]([O-])CC3=C(C(F)(F)F)O[C@@H]4O[C@]5(C)CCC6[C@H](C)CC[C@@H]3[C@]64OO5)=C(CF)O[C@@H]3O[C@]4(C)CCC1[C@]32OO4. The van der Waals surface area contributed by atoms with Gasteiger partial charge in [-0.15, -0.1) is 0 Å². The van der Waals surface area contributed by atoms with Crippen molar-refractivity contribution in [1.82, 2.24) is 0 Å². The molecule has 8 heterocycles. The lowest BCUT2D eigenvalue weighted by Crippen LogP contribution is -2.67. The van der Waals surface area contributed by atoms with E-state index >= 15 is 0 Å². The van der Waals surface area contributed by atoms with Crippen molar-refractivity contribution in [2.24, 2.45) is 35.5 Å². The Morgan fingerprint density at radius 2 is 1.24 bits per heavy atom. The zero-order valence-electron chi connectivity index (χ0n) is 26.5. The summed E-state index contributed by atoms with van der Waals surface area (Å²) < 4.78 is 97.3. The molecule has 10 rings (SSSR count). The van der Waals surface area contributed by atoms with Gasteiger partial charge in [0.25, 0.3) is 0 Å². The second-order valence-corrected chi connectivity index (χ2v) is 16.6. The minimum absolute atomic E-state index is 0.0117. The highest BCUT2D eigenvalue weighted by Crippen LogP contribution is 2.63. The highest BCUT2D eigenvalue weighted by molar-refractivity contribution is 7.91. The van der Waals surface area contributed by atoms with Crippen molar-refractivity contribution < 1.29 is 60.6 Å². The summed E-state index contributed by atoms with van der Waals surface area (Å²) in [6.45, 7) is 6.65. The van der Waals surface area contributed by atoms with Crippen molar-refractivity contribution in [3.05, 3.63) is 22.7 Å². The maximum absolute atomic E-state index is 14.7. The molecule has 258 valence electrons. The molecule has 8 aliphatic heterocycles. The van der Waals surface area contributed by atoms with Crippen LogP contribution in [-0.2, 0) is 49.7 Å². The van der Waals surface area contributed by atoms with Gasteiger partial charge in [0.1, 0.15) is 23.9 Å². The molecule has 2 aliphatic carbocycles. The first-order valence-corrected chi connectivity index (χ1v) is 18.1. The van der Waals surface area contributed by atoms with Crippen LogP contribution in [0.3, 0.4) is 0 Å². The molecule has 3 unspecified atom stereocenters. The van der Waals surface area contributed by atoms with Crippen molar-refractivity contribution in [1.29, 1.82) is 0 Å². The second-order valence-electron chi connectivity index (χ2n) is 15.1. The molecule has 10 aliphatic rings. The van der Waals surface area contributed by atoms with Crippen LogP contribution in [0.1, 0.15) is 79.1 Å². The van der Waals surface area contributed by atoms with Crippen molar-refractivity contribution in [3.8, 4) is 0 Å². The Hall–Kier alpha value is -1.13. The number of hydrogen-bond donors (Lipinski definition) is 0. The Balaban J connectivity index is 1.14. The minimum Gasteiger partial charge on any atom is -0.616 e. The third-order valence-electron chi connectivity index (χ3n) is 12.4. The van der Waals surface area contributed by atoms with Gasteiger partial charge in [0.15, 0.2) is 11.2 Å². The first kappa shape index (κ1) is 32.1. The van der Waals surface area contributed by atoms with Crippen molar-refractivity contribution in [3.63, 3.8) is 0 Å². The Bertz CT molecular complexity index is 1330. The third-order valence-corrected chi connectivity index (χ3v) is 13.7. The van der Waals surface area contributed by atoms with Gasteiger partial charge >= 0.3 is 6.18 Å². The van der Waals surface area contributed by atoms with Gasteiger partial charge in [-0.25, -0.2) is 23.9 Å². The Morgan fingerprint density at radius 3 is 1.76 bits per heavy atom. The molecule has 13 atom stereocenters. The Morgan fingerprint density at radius 1 is 0.739 bits per heavy atom. The molecule has 4 bridgehead atoms. The van der Waals surface area contributed by atoms with Crippen LogP contribution in [0.5, 0.6) is 0 Å². The topological polar surface area (TPSA) is 96.9 Å². The van der Waals surface area contributed by atoms with Crippen LogP contribution in [0.2, 0.25) is 0 Å². The molecule has 46 heavy (non-hydrogen) atoms. The van der Waals surface area contributed by atoms with Gasteiger partial charge in [-0.1, -0.05) is 13.8 Å². The van der Waals surface area contributed by atoms with Gasteiger partial charge in [0.05, 0.1) is 0 Å². The van der Waals surface area contributed by atoms with E-state index in [1.165, 1.54) is 0 Å². The third kappa shape index (κ3) is 4.53. The van der Waals surface area contributed by atoms with Gasteiger partial charge in [0, 0.05) is 47.7 Å². The predicted molar refractivity (Wildman–Crippen MR) is 152 cm³/mol. The Labute approximate surface area is 268 Å². The number of halogens is 4. The zero-order chi connectivity index (χ0) is 32.4. The molecule has 0 aromatic rings. The van der Waals surface area contributed by atoms with Gasteiger partial charge in [0.2, 0.25) is 29.9 Å². The largest absolute Gasteiger partial charge is 0.616 e. The predicted octanol–water partition coefficient (Wildman–Crippen LogP) is 6.27. The van der Waals surface area contributed by atoms with Crippen LogP contribution >= 0.6 is 0 Å². The molecule has 6 saturated heterocycles. The number of hydrogen-bond acceptors (Lipinski definition) is 9. The van der Waals surface area contributed by atoms with E-state index in [4.69, 9.17) is 38.5 Å². The maximum Gasteiger partial charge on any atom is 0.449 e. The summed E-state index contributed by atoms with van der Waals surface area (Å²) in [6.07, 6.45) is -2.29. The summed E-state index contributed by atoms with van der Waals surface area (Å²) in [4.78, 5) is 23.8. The summed E-state index contributed by atoms with van der Waals surface area (Å²) in [5.41, 5.74) is -2.05. The molecule has 0 radical (unpaired) electrons. The molecule has 0 N–H and O–H groups in total. The minimum atomic E-state index is -4.86. The lowest BCUT2D eigenvalue weighted by atomic mass is 9.59. The molecule has 2 spiro atoms. The van der Waals surface area contributed by atoms with E-state index in [2.05, 4.69) is 13.8 Å². The van der Waals surface area contributed by atoms with Crippen LogP contribution in [-0.4, -0.2) is 64.3 Å². The highest BCUT2D eigenvalue weighted by atomic mass is 32.2. The number of rotatable bonds is 5. The van der Waals surface area contributed by atoms with Crippen LogP contribution < -0.4 is 0 Å².